The Labute approximate surface area is 156 Å². The van der Waals surface area contributed by atoms with Crippen LogP contribution in [0.2, 0.25) is 0 Å². The smallest absolute Gasteiger partial charge is 0.242 e. The molecule has 1 aliphatic carbocycles. The molecule has 0 aromatic heterocycles. The van der Waals surface area contributed by atoms with Gasteiger partial charge in [-0.15, -0.1) is 0 Å². The standard InChI is InChI=1S/C20H28N2O3S/c23-20(14-21-12-10-16-6-4-5-9-19(16)21)22(17-7-2-1-3-8-17)18-11-13-26(24,25)15-18/h4-6,9,17-18H,1-3,7-8,10-15H2/t18-/m1/s1. The molecule has 4 rings (SSSR count). The zero-order valence-corrected chi connectivity index (χ0v) is 16.1. The number of benzene rings is 1. The van der Waals surface area contributed by atoms with E-state index in [2.05, 4.69) is 17.0 Å². The maximum absolute atomic E-state index is 13.3. The Kier molecular flexibility index (Phi) is 4.95. The molecule has 0 radical (unpaired) electrons. The second-order valence-corrected chi connectivity index (χ2v) is 10.2. The number of fused-ring (bicyclic) bond motifs is 1. The Morgan fingerprint density at radius 3 is 2.58 bits per heavy atom. The molecule has 6 heteroatoms. The van der Waals surface area contributed by atoms with Crippen LogP contribution < -0.4 is 4.90 Å². The van der Waals surface area contributed by atoms with Gasteiger partial charge in [0.25, 0.3) is 0 Å². The maximum atomic E-state index is 13.3. The van der Waals surface area contributed by atoms with E-state index >= 15 is 0 Å². The van der Waals surface area contributed by atoms with Crippen molar-refractivity contribution in [3.05, 3.63) is 29.8 Å². The van der Waals surface area contributed by atoms with Gasteiger partial charge in [0.05, 0.1) is 18.1 Å². The van der Waals surface area contributed by atoms with Crippen LogP contribution in [0.5, 0.6) is 0 Å². The highest BCUT2D eigenvalue weighted by Gasteiger charge is 2.39. The number of rotatable bonds is 4. The second-order valence-electron chi connectivity index (χ2n) is 7.95. The average Bonchev–Trinajstić information content (AvgIpc) is 3.20. The minimum absolute atomic E-state index is 0.107. The van der Waals surface area contributed by atoms with Crippen molar-refractivity contribution in [3.8, 4) is 0 Å². The zero-order valence-electron chi connectivity index (χ0n) is 15.3. The van der Waals surface area contributed by atoms with Gasteiger partial charge in [-0.2, -0.15) is 0 Å². The second kappa shape index (κ2) is 7.22. The third-order valence-electron chi connectivity index (χ3n) is 6.17. The number of carbonyl (C=O) groups is 1. The van der Waals surface area contributed by atoms with Crippen molar-refractivity contribution in [2.24, 2.45) is 0 Å². The minimum atomic E-state index is -3.00. The third kappa shape index (κ3) is 3.61. The van der Waals surface area contributed by atoms with E-state index in [1.807, 2.05) is 17.0 Å². The van der Waals surface area contributed by atoms with Crippen molar-refractivity contribution in [3.63, 3.8) is 0 Å². The number of sulfone groups is 1. The van der Waals surface area contributed by atoms with Crippen molar-refractivity contribution in [2.45, 2.75) is 57.0 Å². The average molecular weight is 377 g/mol. The minimum Gasteiger partial charge on any atom is -0.362 e. The molecule has 1 atom stereocenters. The number of hydrogen-bond donors (Lipinski definition) is 0. The van der Waals surface area contributed by atoms with Gasteiger partial charge >= 0.3 is 0 Å². The summed E-state index contributed by atoms with van der Waals surface area (Å²) in [7, 11) is -3.00. The summed E-state index contributed by atoms with van der Waals surface area (Å²) >= 11 is 0. The largest absolute Gasteiger partial charge is 0.362 e. The molecule has 1 saturated heterocycles. The van der Waals surface area contributed by atoms with Crippen molar-refractivity contribution < 1.29 is 13.2 Å². The molecule has 0 unspecified atom stereocenters. The summed E-state index contributed by atoms with van der Waals surface area (Å²) in [5.41, 5.74) is 2.46. The van der Waals surface area contributed by atoms with Crippen LogP contribution in [0, 0.1) is 0 Å². The fraction of sp³-hybridized carbons (Fsp3) is 0.650. The molecule has 2 fully saturated rings. The van der Waals surface area contributed by atoms with Crippen molar-refractivity contribution in [1.29, 1.82) is 0 Å². The predicted octanol–water partition coefficient (Wildman–Crippen LogP) is 2.40. The summed E-state index contributed by atoms with van der Waals surface area (Å²) in [5.74, 6) is 0.475. The molecule has 2 aliphatic heterocycles. The Hall–Kier alpha value is -1.56. The van der Waals surface area contributed by atoms with Crippen LogP contribution in [0.1, 0.15) is 44.1 Å². The summed E-state index contributed by atoms with van der Waals surface area (Å²) in [6.45, 7) is 1.23. The fourth-order valence-electron chi connectivity index (χ4n) is 4.88. The summed E-state index contributed by atoms with van der Waals surface area (Å²) in [4.78, 5) is 17.4. The highest BCUT2D eigenvalue weighted by atomic mass is 32.2. The SMILES string of the molecule is O=C(CN1CCc2ccccc21)N(C1CCCCC1)[C@@H]1CCS(=O)(=O)C1. The van der Waals surface area contributed by atoms with Gasteiger partial charge in [-0.25, -0.2) is 8.42 Å². The normalized spacial score (nSPS) is 25.2. The van der Waals surface area contributed by atoms with Gasteiger partial charge in [0.15, 0.2) is 9.84 Å². The third-order valence-corrected chi connectivity index (χ3v) is 7.92. The van der Waals surface area contributed by atoms with Crippen LogP contribution in [0.4, 0.5) is 5.69 Å². The fourth-order valence-corrected chi connectivity index (χ4v) is 6.59. The molecule has 5 nitrogen and oxygen atoms in total. The molecule has 2 heterocycles. The molecule has 26 heavy (non-hydrogen) atoms. The molecule has 142 valence electrons. The first kappa shape index (κ1) is 17.8. The number of amides is 1. The number of hydrogen-bond acceptors (Lipinski definition) is 4. The van der Waals surface area contributed by atoms with E-state index in [-0.39, 0.29) is 29.5 Å². The lowest BCUT2D eigenvalue weighted by Gasteiger charge is -2.39. The van der Waals surface area contributed by atoms with Gasteiger partial charge in [-0.05, 0) is 37.3 Å². The monoisotopic (exact) mass is 376 g/mol. The van der Waals surface area contributed by atoms with Crippen molar-refractivity contribution in [2.75, 3.05) is 29.5 Å². The van der Waals surface area contributed by atoms with E-state index in [1.54, 1.807) is 0 Å². The van der Waals surface area contributed by atoms with Crippen molar-refractivity contribution in [1.82, 2.24) is 4.90 Å². The van der Waals surface area contributed by atoms with E-state index < -0.39 is 9.84 Å². The van der Waals surface area contributed by atoms with E-state index in [1.165, 1.54) is 12.0 Å². The zero-order chi connectivity index (χ0) is 18.1. The lowest BCUT2D eigenvalue weighted by molar-refractivity contribution is -0.135. The summed E-state index contributed by atoms with van der Waals surface area (Å²) in [6.07, 6.45) is 7.10. The van der Waals surface area contributed by atoms with E-state index in [0.29, 0.717) is 13.0 Å². The van der Waals surface area contributed by atoms with Crippen molar-refractivity contribution >= 4 is 21.4 Å². The van der Waals surface area contributed by atoms with Gasteiger partial charge < -0.3 is 9.80 Å². The molecule has 1 amide bonds. The first-order valence-electron chi connectivity index (χ1n) is 9.88. The summed E-state index contributed by atoms with van der Waals surface area (Å²) in [6, 6.07) is 8.36. The number of anilines is 1. The molecule has 0 N–H and O–H groups in total. The van der Waals surface area contributed by atoms with Gasteiger partial charge in [-0.3, -0.25) is 4.79 Å². The van der Waals surface area contributed by atoms with Crippen LogP contribution in [0.3, 0.4) is 0 Å². The van der Waals surface area contributed by atoms with E-state index in [0.717, 1.165) is 44.3 Å². The Balaban J connectivity index is 1.52. The molecule has 1 aromatic rings. The van der Waals surface area contributed by atoms with Gasteiger partial charge in [0, 0.05) is 24.3 Å². The molecular weight excluding hydrogens is 348 g/mol. The molecule has 3 aliphatic rings. The predicted molar refractivity (Wildman–Crippen MR) is 103 cm³/mol. The van der Waals surface area contributed by atoms with Crippen LogP contribution in [-0.2, 0) is 21.1 Å². The van der Waals surface area contributed by atoms with Gasteiger partial charge in [0.1, 0.15) is 0 Å². The topological polar surface area (TPSA) is 57.7 Å². The van der Waals surface area contributed by atoms with Crippen LogP contribution in [0.25, 0.3) is 0 Å². The van der Waals surface area contributed by atoms with Crippen LogP contribution in [0.15, 0.2) is 24.3 Å². The van der Waals surface area contributed by atoms with Crippen LogP contribution in [-0.4, -0.2) is 55.9 Å². The van der Waals surface area contributed by atoms with Gasteiger partial charge in [0.2, 0.25) is 5.91 Å². The quantitative estimate of drug-likeness (QED) is 0.810. The number of nitrogens with zero attached hydrogens (tertiary/aromatic N) is 2. The highest BCUT2D eigenvalue weighted by molar-refractivity contribution is 7.91. The molecular formula is C20H28N2O3S. The lowest BCUT2D eigenvalue weighted by Crippen LogP contribution is -2.52. The molecule has 0 bridgehead atoms. The highest BCUT2D eigenvalue weighted by Crippen LogP contribution is 2.31. The lowest BCUT2D eigenvalue weighted by atomic mass is 9.92. The Morgan fingerprint density at radius 1 is 1.08 bits per heavy atom. The Bertz CT molecular complexity index is 771. The van der Waals surface area contributed by atoms with E-state index in [4.69, 9.17) is 0 Å². The number of para-hydroxylation sites is 1. The number of carbonyl (C=O) groups excluding carboxylic acids is 1. The maximum Gasteiger partial charge on any atom is 0.242 e. The molecule has 1 saturated carbocycles. The van der Waals surface area contributed by atoms with Gasteiger partial charge in [-0.1, -0.05) is 37.5 Å². The Morgan fingerprint density at radius 2 is 1.85 bits per heavy atom. The molecule has 0 spiro atoms. The van der Waals surface area contributed by atoms with E-state index in [9.17, 15) is 13.2 Å². The molecule has 1 aromatic carbocycles. The van der Waals surface area contributed by atoms with Crippen LogP contribution >= 0.6 is 0 Å². The first-order chi connectivity index (χ1) is 12.5. The summed E-state index contributed by atoms with van der Waals surface area (Å²) in [5, 5.41) is 0. The summed E-state index contributed by atoms with van der Waals surface area (Å²) < 4.78 is 24.0. The first-order valence-corrected chi connectivity index (χ1v) is 11.7.